The molecule has 3 heteroatoms. The van der Waals surface area contributed by atoms with Gasteiger partial charge < -0.3 is 10.3 Å². The molecule has 256 valence electrons. The summed E-state index contributed by atoms with van der Waals surface area (Å²) in [5.41, 5.74) is 15.5. The number of nitrogens with one attached hydrogen (secondary N) is 2. The molecule has 1 heterocycles. The molecule has 0 saturated carbocycles. The van der Waals surface area contributed by atoms with Crippen molar-refractivity contribution in [2.45, 2.75) is 38.5 Å². The highest BCUT2D eigenvalue weighted by Gasteiger charge is 2.38. The highest BCUT2D eigenvalue weighted by molar-refractivity contribution is 6.33. The van der Waals surface area contributed by atoms with E-state index in [9.17, 15) is 0 Å². The molecule has 1 aromatic heterocycles. The number of anilines is 2. The number of aromatic amines is 1. The monoisotopic (exact) mass is 702 g/mol. The van der Waals surface area contributed by atoms with E-state index in [1.807, 2.05) is 24.3 Å². The lowest BCUT2D eigenvalue weighted by atomic mass is 9.82. The summed E-state index contributed by atoms with van der Waals surface area (Å²) in [6, 6.07) is 54.4. The van der Waals surface area contributed by atoms with E-state index in [0.717, 1.165) is 16.4 Å². The number of aromatic nitrogens is 1. The molecule has 0 atom stereocenters. The largest absolute Gasteiger partial charge is 0.355 e. The Bertz CT molecular complexity index is 2940. The smallest absolute Gasteiger partial charge is 0.0640 e. The minimum Gasteiger partial charge on any atom is -0.355 e. The number of rotatable bonds is 2. The summed E-state index contributed by atoms with van der Waals surface area (Å²) in [7, 11) is 0. The summed E-state index contributed by atoms with van der Waals surface area (Å²) >= 11 is 6.32. The molecule has 0 radical (unpaired) electrons. The van der Waals surface area contributed by atoms with E-state index in [-0.39, 0.29) is 10.8 Å². The standard InChI is InChI=1S/C25H20ClN.C25H19N/c1-25(2)20-14-11-16-7-3-4-8-18(16)24(20)19-13-12-17(15-21(19)25)27-23-10-6-5-9-22(23)26;1-25(2)20-12-11-15-7-3-4-8-16(15)24(20)19-13-18-17-9-5-6-10-22(17)26-23(18)14-21(19)25/h3-15,27H,1-2H3;3-14,26H,1-2H3. The van der Waals surface area contributed by atoms with Crippen LogP contribution in [0.2, 0.25) is 5.02 Å². The number of benzene rings is 8. The number of hydrogen-bond donors (Lipinski definition) is 2. The zero-order valence-electron chi connectivity index (χ0n) is 30.3. The van der Waals surface area contributed by atoms with E-state index < -0.39 is 0 Å². The Kier molecular flexibility index (Phi) is 6.97. The zero-order chi connectivity index (χ0) is 36.1. The third kappa shape index (κ3) is 4.79. The van der Waals surface area contributed by atoms with Crippen molar-refractivity contribution in [1.82, 2.24) is 4.98 Å². The molecule has 0 saturated heterocycles. The Labute approximate surface area is 315 Å². The Balaban J connectivity index is 0.000000132. The Morgan fingerprint density at radius 1 is 0.453 bits per heavy atom. The molecular formula is C50H39ClN2. The predicted molar refractivity (Wildman–Crippen MR) is 227 cm³/mol. The molecule has 0 amide bonds. The van der Waals surface area contributed by atoms with Gasteiger partial charge in [-0.15, -0.1) is 0 Å². The maximum atomic E-state index is 6.32. The number of hydrogen-bond acceptors (Lipinski definition) is 1. The van der Waals surface area contributed by atoms with E-state index in [1.165, 1.54) is 87.9 Å². The SMILES string of the molecule is CC1(C)c2cc(Nc3ccccc3Cl)ccc2-c2c1ccc1ccccc21.CC1(C)c2cc3[nH]c4ccccc4c3cc2-c2c1ccc1ccccc21. The number of fused-ring (bicyclic) bond motifs is 13. The van der Waals surface area contributed by atoms with Crippen LogP contribution in [0.1, 0.15) is 49.9 Å². The minimum atomic E-state index is -0.0349. The van der Waals surface area contributed by atoms with E-state index in [2.05, 4.69) is 165 Å². The predicted octanol–water partition coefficient (Wildman–Crippen LogP) is 14.3. The van der Waals surface area contributed by atoms with Gasteiger partial charge in [0.2, 0.25) is 0 Å². The molecule has 11 rings (SSSR count). The highest BCUT2D eigenvalue weighted by Crippen LogP contribution is 2.54. The third-order valence-corrected chi connectivity index (χ3v) is 12.2. The molecule has 2 nitrogen and oxygen atoms in total. The van der Waals surface area contributed by atoms with Crippen molar-refractivity contribution in [3.63, 3.8) is 0 Å². The van der Waals surface area contributed by atoms with E-state index in [1.54, 1.807) is 0 Å². The molecule has 2 N–H and O–H groups in total. The lowest BCUT2D eigenvalue weighted by Gasteiger charge is -2.22. The van der Waals surface area contributed by atoms with Crippen LogP contribution in [0.15, 0.2) is 152 Å². The average molecular weight is 703 g/mol. The Morgan fingerprint density at radius 3 is 1.70 bits per heavy atom. The lowest BCUT2D eigenvalue weighted by molar-refractivity contribution is 0.661. The Morgan fingerprint density at radius 2 is 1.02 bits per heavy atom. The molecular weight excluding hydrogens is 664 g/mol. The molecule has 9 aromatic rings. The zero-order valence-corrected chi connectivity index (χ0v) is 31.1. The summed E-state index contributed by atoms with van der Waals surface area (Å²) < 4.78 is 0. The summed E-state index contributed by atoms with van der Waals surface area (Å²) in [6.45, 7) is 9.32. The van der Waals surface area contributed by atoms with Gasteiger partial charge in [0.05, 0.1) is 10.7 Å². The van der Waals surface area contributed by atoms with Gasteiger partial charge >= 0.3 is 0 Å². The summed E-state index contributed by atoms with van der Waals surface area (Å²) in [5, 5.41) is 12.1. The van der Waals surface area contributed by atoms with Gasteiger partial charge in [0.15, 0.2) is 0 Å². The van der Waals surface area contributed by atoms with E-state index in [4.69, 9.17) is 11.6 Å². The summed E-state index contributed by atoms with van der Waals surface area (Å²) in [6.07, 6.45) is 0. The van der Waals surface area contributed by atoms with Crippen molar-refractivity contribution in [1.29, 1.82) is 0 Å². The quantitative estimate of drug-likeness (QED) is 0.184. The van der Waals surface area contributed by atoms with Crippen molar-refractivity contribution in [3.05, 3.63) is 179 Å². The van der Waals surface area contributed by atoms with Crippen LogP contribution in [-0.4, -0.2) is 4.98 Å². The van der Waals surface area contributed by atoms with Crippen LogP contribution in [0.4, 0.5) is 11.4 Å². The molecule has 0 aliphatic heterocycles. The second-order valence-electron chi connectivity index (χ2n) is 15.6. The van der Waals surface area contributed by atoms with Gasteiger partial charge in [-0.25, -0.2) is 0 Å². The summed E-state index contributed by atoms with van der Waals surface area (Å²) in [5.74, 6) is 0. The number of para-hydroxylation sites is 2. The number of halogens is 1. The molecule has 0 spiro atoms. The minimum absolute atomic E-state index is 0.0141. The fourth-order valence-electron chi connectivity index (χ4n) is 9.15. The first-order valence-electron chi connectivity index (χ1n) is 18.5. The van der Waals surface area contributed by atoms with Crippen LogP contribution in [0.25, 0.3) is 65.6 Å². The van der Waals surface area contributed by atoms with E-state index in [0.29, 0.717) is 0 Å². The van der Waals surface area contributed by atoms with Gasteiger partial charge in [-0.05, 0) is 109 Å². The first kappa shape index (κ1) is 31.9. The third-order valence-electron chi connectivity index (χ3n) is 11.9. The molecule has 0 unspecified atom stereocenters. The molecule has 8 aromatic carbocycles. The van der Waals surface area contributed by atoms with Gasteiger partial charge in [0.1, 0.15) is 0 Å². The van der Waals surface area contributed by atoms with Crippen molar-refractivity contribution in [2.75, 3.05) is 5.32 Å². The molecule has 0 fully saturated rings. The maximum Gasteiger partial charge on any atom is 0.0640 e. The fraction of sp³-hybridized carbons (Fsp3) is 0.120. The van der Waals surface area contributed by atoms with Crippen molar-refractivity contribution in [3.8, 4) is 22.3 Å². The number of H-pyrrole nitrogens is 1. The van der Waals surface area contributed by atoms with Gasteiger partial charge in [-0.3, -0.25) is 0 Å². The highest BCUT2D eigenvalue weighted by atomic mass is 35.5. The van der Waals surface area contributed by atoms with Crippen LogP contribution in [-0.2, 0) is 10.8 Å². The first-order valence-corrected chi connectivity index (χ1v) is 18.8. The molecule has 53 heavy (non-hydrogen) atoms. The van der Waals surface area contributed by atoms with E-state index >= 15 is 0 Å². The van der Waals surface area contributed by atoms with Gasteiger partial charge in [-0.2, -0.15) is 0 Å². The second kappa shape index (κ2) is 11.6. The van der Waals surface area contributed by atoms with Gasteiger partial charge in [-0.1, -0.05) is 148 Å². The van der Waals surface area contributed by atoms with Gasteiger partial charge in [0.25, 0.3) is 0 Å². The first-order chi connectivity index (χ1) is 25.7. The maximum absolute atomic E-state index is 6.32. The lowest BCUT2D eigenvalue weighted by Crippen LogP contribution is -2.15. The Hall–Kier alpha value is -5.83. The van der Waals surface area contributed by atoms with Crippen LogP contribution < -0.4 is 5.32 Å². The van der Waals surface area contributed by atoms with Crippen molar-refractivity contribution >= 4 is 66.3 Å². The molecule has 2 aliphatic rings. The van der Waals surface area contributed by atoms with Crippen molar-refractivity contribution < 1.29 is 0 Å². The fourth-order valence-corrected chi connectivity index (χ4v) is 9.34. The summed E-state index contributed by atoms with van der Waals surface area (Å²) in [4.78, 5) is 3.61. The normalized spacial score (nSPS) is 14.4. The molecule has 2 aliphatic carbocycles. The van der Waals surface area contributed by atoms with Crippen LogP contribution >= 0.6 is 11.6 Å². The van der Waals surface area contributed by atoms with Crippen molar-refractivity contribution in [2.24, 2.45) is 0 Å². The molecule has 0 bridgehead atoms. The second-order valence-corrected chi connectivity index (χ2v) is 16.1. The van der Waals surface area contributed by atoms with Crippen LogP contribution in [0, 0.1) is 0 Å². The van der Waals surface area contributed by atoms with Gasteiger partial charge in [0, 0.05) is 38.3 Å². The average Bonchev–Trinajstić information content (AvgIpc) is 3.74. The van der Waals surface area contributed by atoms with Crippen LogP contribution in [0.3, 0.4) is 0 Å². The topological polar surface area (TPSA) is 27.8 Å². The van der Waals surface area contributed by atoms with Crippen LogP contribution in [0.5, 0.6) is 0 Å².